The molecule has 0 saturated heterocycles. The fraction of sp³-hybridized carbons (Fsp3) is 0.118. The van der Waals surface area contributed by atoms with Gasteiger partial charge in [-0.05, 0) is 36.4 Å². The van der Waals surface area contributed by atoms with Crippen molar-refractivity contribution in [3.05, 3.63) is 59.7 Å². The Morgan fingerprint density at radius 3 is 2.62 bits per heavy atom. The highest BCUT2D eigenvalue weighted by Gasteiger charge is 2.31. The summed E-state index contributed by atoms with van der Waals surface area (Å²) in [5, 5.41) is 9.75. The van der Waals surface area contributed by atoms with Crippen molar-refractivity contribution in [2.75, 3.05) is 12.4 Å². The molecule has 0 aliphatic heterocycles. The molecular formula is C17H12F3N3O3. The van der Waals surface area contributed by atoms with Gasteiger partial charge in [-0.15, -0.1) is 5.10 Å². The van der Waals surface area contributed by atoms with Crippen molar-refractivity contribution in [2.24, 2.45) is 0 Å². The molecule has 1 aromatic heterocycles. The Morgan fingerprint density at radius 1 is 1.12 bits per heavy atom. The van der Waals surface area contributed by atoms with Gasteiger partial charge < -0.3 is 9.15 Å². The second-order valence-electron chi connectivity index (χ2n) is 5.18. The summed E-state index contributed by atoms with van der Waals surface area (Å²) in [6, 6.07) is 10.6. The second kappa shape index (κ2) is 6.87. The van der Waals surface area contributed by atoms with Crippen LogP contribution in [0.5, 0.6) is 5.75 Å². The molecule has 0 aliphatic carbocycles. The van der Waals surface area contributed by atoms with E-state index in [0.29, 0.717) is 11.3 Å². The lowest BCUT2D eigenvalue weighted by molar-refractivity contribution is -0.137. The van der Waals surface area contributed by atoms with Crippen molar-refractivity contribution in [1.82, 2.24) is 10.2 Å². The van der Waals surface area contributed by atoms with Crippen LogP contribution in [0, 0.1) is 0 Å². The zero-order valence-electron chi connectivity index (χ0n) is 13.4. The van der Waals surface area contributed by atoms with Crippen LogP contribution in [0.3, 0.4) is 0 Å². The standard InChI is InChI=1S/C17H12F3N3O3/c1-25-13-7-3-5-11(9-13)15-22-23-16(26-15)21-14(24)10-4-2-6-12(8-10)17(18,19)20/h2-9H,1H3,(H,21,23,24). The summed E-state index contributed by atoms with van der Waals surface area (Å²) < 4.78 is 48.6. The fourth-order valence-corrected chi connectivity index (χ4v) is 2.15. The van der Waals surface area contributed by atoms with Crippen LogP contribution >= 0.6 is 0 Å². The number of halogens is 3. The quantitative estimate of drug-likeness (QED) is 0.758. The minimum atomic E-state index is -4.54. The lowest BCUT2D eigenvalue weighted by atomic mass is 10.1. The van der Waals surface area contributed by atoms with E-state index in [4.69, 9.17) is 9.15 Å². The molecule has 1 N–H and O–H groups in total. The smallest absolute Gasteiger partial charge is 0.416 e. The van der Waals surface area contributed by atoms with Crippen molar-refractivity contribution in [1.29, 1.82) is 0 Å². The van der Waals surface area contributed by atoms with E-state index >= 15 is 0 Å². The lowest BCUT2D eigenvalue weighted by Crippen LogP contribution is -2.14. The molecule has 1 amide bonds. The van der Waals surface area contributed by atoms with E-state index in [1.165, 1.54) is 13.2 Å². The number of ether oxygens (including phenoxy) is 1. The molecule has 3 rings (SSSR count). The van der Waals surface area contributed by atoms with Gasteiger partial charge in [0.25, 0.3) is 5.91 Å². The number of nitrogens with one attached hydrogen (secondary N) is 1. The molecule has 134 valence electrons. The predicted molar refractivity (Wildman–Crippen MR) is 85.7 cm³/mol. The summed E-state index contributed by atoms with van der Waals surface area (Å²) >= 11 is 0. The first-order valence-corrected chi connectivity index (χ1v) is 7.33. The van der Waals surface area contributed by atoms with Gasteiger partial charge in [0.05, 0.1) is 12.7 Å². The average molecular weight is 363 g/mol. The van der Waals surface area contributed by atoms with Crippen LogP contribution in [0.15, 0.2) is 52.9 Å². The van der Waals surface area contributed by atoms with Gasteiger partial charge >= 0.3 is 12.2 Å². The van der Waals surface area contributed by atoms with E-state index < -0.39 is 17.6 Å². The topological polar surface area (TPSA) is 77.3 Å². The first kappa shape index (κ1) is 17.5. The van der Waals surface area contributed by atoms with Gasteiger partial charge in [-0.1, -0.05) is 17.2 Å². The number of carbonyl (C=O) groups is 1. The number of aromatic nitrogens is 2. The van der Waals surface area contributed by atoms with Crippen LogP contribution < -0.4 is 10.1 Å². The van der Waals surface area contributed by atoms with Gasteiger partial charge in [0.2, 0.25) is 5.89 Å². The van der Waals surface area contributed by atoms with Gasteiger partial charge in [0.1, 0.15) is 5.75 Å². The number of methoxy groups -OCH3 is 1. The van der Waals surface area contributed by atoms with Crippen LogP contribution in [-0.4, -0.2) is 23.2 Å². The Morgan fingerprint density at radius 2 is 1.88 bits per heavy atom. The van der Waals surface area contributed by atoms with Gasteiger partial charge in [-0.2, -0.15) is 13.2 Å². The minimum Gasteiger partial charge on any atom is -0.497 e. The average Bonchev–Trinajstić information content (AvgIpc) is 3.09. The third-order valence-electron chi connectivity index (χ3n) is 3.41. The molecule has 0 saturated carbocycles. The number of carbonyl (C=O) groups excluding carboxylic acids is 1. The largest absolute Gasteiger partial charge is 0.497 e. The maximum absolute atomic E-state index is 12.7. The lowest BCUT2D eigenvalue weighted by Gasteiger charge is -2.07. The zero-order valence-corrected chi connectivity index (χ0v) is 13.4. The van der Waals surface area contributed by atoms with Crippen LogP contribution in [0.25, 0.3) is 11.5 Å². The molecule has 6 nitrogen and oxygen atoms in total. The number of benzene rings is 2. The van der Waals surface area contributed by atoms with Crippen molar-refractivity contribution in [3.8, 4) is 17.2 Å². The van der Waals surface area contributed by atoms with Crippen LogP contribution in [0.4, 0.5) is 19.2 Å². The number of nitrogens with zero attached hydrogens (tertiary/aromatic N) is 2. The minimum absolute atomic E-state index is 0.128. The molecule has 0 atom stereocenters. The van der Waals surface area contributed by atoms with E-state index in [1.54, 1.807) is 24.3 Å². The van der Waals surface area contributed by atoms with E-state index in [9.17, 15) is 18.0 Å². The molecule has 26 heavy (non-hydrogen) atoms. The Labute approximate surface area is 145 Å². The van der Waals surface area contributed by atoms with E-state index in [1.807, 2.05) is 0 Å². The highest BCUT2D eigenvalue weighted by molar-refractivity contribution is 6.03. The number of hydrogen-bond donors (Lipinski definition) is 1. The zero-order chi connectivity index (χ0) is 18.7. The van der Waals surface area contributed by atoms with Crippen LogP contribution in [0.1, 0.15) is 15.9 Å². The Bertz CT molecular complexity index is 938. The Hall–Kier alpha value is -3.36. The van der Waals surface area contributed by atoms with E-state index in [-0.39, 0.29) is 17.5 Å². The van der Waals surface area contributed by atoms with E-state index in [2.05, 4.69) is 15.5 Å². The monoisotopic (exact) mass is 363 g/mol. The van der Waals surface area contributed by atoms with Gasteiger partial charge in [0.15, 0.2) is 0 Å². The van der Waals surface area contributed by atoms with Crippen molar-refractivity contribution in [3.63, 3.8) is 0 Å². The summed E-state index contributed by atoms with van der Waals surface area (Å²) in [6.07, 6.45) is -4.54. The highest BCUT2D eigenvalue weighted by atomic mass is 19.4. The third-order valence-corrected chi connectivity index (χ3v) is 3.41. The highest BCUT2D eigenvalue weighted by Crippen LogP contribution is 2.30. The molecule has 2 aromatic carbocycles. The van der Waals surface area contributed by atoms with Crippen molar-refractivity contribution in [2.45, 2.75) is 6.18 Å². The van der Waals surface area contributed by atoms with Crippen molar-refractivity contribution < 1.29 is 27.1 Å². The molecule has 0 aliphatic rings. The first-order valence-electron chi connectivity index (χ1n) is 7.33. The summed E-state index contributed by atoms with van der Waals surface area (Å²) in [6.45, 7) is 0. The molecule has 3 aromatic rings. The number of rotatable bonds is 4. The number of hydrogen-bond acceptors (Lipinski definition) is 5. The Balaban J connectivity index is 1.78. The maximum atomic E-state index is 12.7. The molecule has 0 spiro atoms. The van der Waals surface area contributed by atoms with Gasteiger partial charge in [0, 0.05) is 11.1 Å². The van der Waals surface area contributed by atoms with Crippen LogP contribution in [0.2, 0.25) is 0 Å². The predicted octanol–water partition coefficient (Wildman–Crippen LogP) is 4.02. The molecule has 9 heteroatoms. The molecule has 0 unspecified atom stereocenters. The molecule has 0 bridgehead atoms. The molecule has 0 fully saturated rings. The maximum Gasteiger partial charge on any atom is 0.416 e. The van der Waals surface area contributed by atoms with Crippen LogP contribution in [-0.2, 0) is 6.18 Å². The normalized spacial score (nSPS) is 11.2. The summed E-state index contributed by atoms with van der Waals surface area (Å²) in [5.74, 6) is -0.0876. The third kappa shape index (κ3) is 3.82. The van der Waals surface area contributed by atoms with Gasteiger partial charge in [-0.3, -0.25) is 10.1 Å². The van der Waals surface area contributed by atoms with Crippen molar-refractivity contribution >= 4 is 11.9 Å². The van der Waals surface area contributed by atoms with Gasteiger partial charge in [-0.25, -0.2) is 0 Å². The summed E-state index contributed by atoms with van der Waals surface area (Å²) in [7, 11) is 1.51. The number of amides is 1. The summed E-state index contributed by atoms with van der Waals surface area (Å²) in [5.41, 5.74) is -0.537. The Kier molecular flexibility index (Phi) is 4.61. The molecular weight excluding hydrogens is 351 g/mol. The number of anilines is 1. The fourth-order valence-electron chi connectivity index (χ4n) is 2.15. The molecule has 1 heterocycles. The molecule has 0 radical (unpaired) electrons. The first-order chi connectivity index (χ1) is 12.4. The second-order valence-corrected chi connectivity index (χ2v) is 5.18. The SMILES string of the molecule is COc1cccc(-c2nnc(NC(=O)c3cccc(C(F)(F)F)c3)o2)c1. The summed E-state index contributed by atoms with van der Waals surface area (Å²) in [4.78, 5) is 12.1. The van der Waals surface area contributed by atoms with E-state index in [0.717, 1.165) is 18.2 Å². The number of alkyl halides is 3.